The van der Waals surface area contributed by atoms with Gasteiger partial charge in [-0.05, 0) is 43.2 Å². The second kappa shape index (κ2) is 13.8. The Morgan fingerprint density at radius 2 is 1.68 bits per heavy atom. The highest BCUT2D eigenvalue weighted by Crippen LogP contribution is 2.31. The van der Waals surface area contributed by atoms with Crippen LogP contribution in [0.25, 0.3) is 0 Å². The Kier molecular flexibility index (Phi) is 10.5. The summed E-state index contributed by atoms with van der Waals surface area (Å²) in [6.07, 6.45) is 2.10. The van der Waals surface area contributed by atoms with Crippen LogP contribution in [0, 0.1) is 5.92 Å². The van der Waals surface area contributed by atoms with Gasteiger partial charge in [-0.15, -0.1) is 0 Å². The molecule has 0 aliphatic carbocycles. The summed E-state index contributed by atoms with van der Waals surface area (Å²) in [5.74, 6) is -0.994. The number of hydrogen-bond donors (Lipinski definition) is 3. The van der Waals surface area contributed by atoms with Crippen molar-refractivity contribution in [3.8, 4) is 0 Å². The van der Waals surface area contributed by atoms with E-state index in [1.807, 2.05) is 72.5 Å². The summed E-state index contributed by atoms with van der Waals surface area (Å²) in [5.41, 5.74) is 1.98. The van der Waals surface area contributed by atoms with Gasteiger partial charge in [-0.25, -0.2) is 4.79 Å². The van der Waals surface area contributed by atoms with Crippen LogP contribution in [0.4, 0.5) is 4.79 Å². The Morgan fingerprint density at radius 1 is 1.05 bits per heavy atom. The third-order valence-electron chi connectivity index (χ3n) is 7.06. The molecule has 0 bridgehead atoms. The highest BCUT2D eigenvalue weighted by Gasteiger charge is 2.44. The van der Waals surface area contributed by atoms with E-state index < -0.39 is 18.1 Å². The van der Waals surface area contributed by atoms with Crippen molar-refractivity contribution in [2.24, 2.45) is 5.92 Å². The van der Waals surface area contributed by atoms with Gasteiger partial charge in [-0.2, -0.15) is 0 Å². The molecular formula is C29H39N3O5. The molecular weight excluding hydrogens is 470 g/mol. The van der Waals surface area contributed by atoms with Crippen molar-refractivity contribution in [3.05, 3.63) is 71.8 Å². The SMILES string of the molecule is CCCC(C(C)NC(C)=O)C(Cc1ccccc1)N1CC(NC(=O)OCc2ccccc2)CC1C(=O)O. The van der Waals surface area contributed by atoms with E-state index in [1.165, 1.54) is 6.92 Å². The number of ether oxygens (including phenoxy) is 1. The number of carboxylic acids is 1. The van der Waals surface area contributed by atoms with Crippen molar-refractivity contribution in [1.82, 2.24) is 15.5 Å². The smallest absolute Gasteiger partial charge is 0.407 e. The lowest BCUT2D eigenvalue weighted by Gasteiger charge is -2.40. The van der Waals surface area contributed by atoms with Crippen LogP contribution in [-0.2, 0) is 27.4 Å². The largest absolute Gasteiger partial charge is 0.480 e. The van der Waals surface area contributed by atoms with Gasteiger partial charge >= 0.3 is 12.1 Å². The topological polar surface area (TPSA) is 108 Å². The van der Waals surface area contributed by atoms with E-state index in [9.17, 15) is 19.5 Å². The molecule has 0 spiro atoms. The van der Waals surface area contributed by atoms with E-state index in [0.717, 1.165) is 24.0 Å². The van der Waals surface area contributed by atoms with Gasteiger partial charge in [0.2, 0.25) is 5.91 Å². The maximum Gasteiger partial charge on any atom is 0.407 e. The van der Waals surface area contributed by atoms with E-state index in [-0.39, 0.29) is 43.0 Å². The number of nitrogens with one attached hydrogen (secondary N) is 2. The van der Waals surface area contributed by atoms with E-state index in [1.54, 1.807) is 0 Å². The predicted molar refractivity (Wildman–Crippen MR) is 142 cm³/mol. The monoisotopic (exact) mass is 509 g/mol. The van der Waals surface area contributed by atoms with Crippen LogP contribution in [0.15, 0.2) is 60.7 Å². The number of likely N-dealkylation sites (tertiary alicyclic amines) is 1. The van der Waals surface area contributed by atoms with Gasteiger partial charge in [0, 0.05) is 31.6 Å². The zero-order chi connectivity index (χ0) is 26.8. The molecule has 0 aromatic heterocycles. The Bertz CT molecular complexity index is 1020. The minimum absolute atomic E-state index is 0.0275. The molecule has 37 heavy (non-hydrogen) atoms. The molecule has 2 aromatic rings. The van der Waals surface area contributed by atoms with Crippen LogP contribution in [-0.4, -0.2) is 58.7 Å². The first-order valence-corrected chi connectivity index (χ1v) is 13.0. The van der Waals surface area contributed by atoms with Crippen molar-refractivity contribution in [2.75, 3.05) is 6.54 Å². The molecule has 5 atom stereocenters. The Labute approximate surface area is 219 Å². The molecule has 8 nitrogen and oxygen atoms in total. The Hall–Kier alpha value is -3.39. The quantitative estimate of drug-likeness (QED) is 0.399. The molecule has 1 heterocycles. The molecule has 1 aliphatic rings. The molecule has 1 saturated heterocycles. The van der Waals surface area contributed by atoms with Crippen LogP contribution in [0.5, 0.6) is 0 Å². The molecule has 1 aliphatic heterocycles. The molecule has 1 fully saturated rings. The number of amides is 2. The van der Waals surface area contributed by atoms with Crippen LogP contribution < -0.4 is 10.6 Å². The fourth-order valence-electron chi connectivity index (χ4n) is 5.41. The molecule has 200 valence electrons. The van der Waals surface area contributed by atoms with Crippen molar-refractivity contribution in [2.45, 2.75) is 77.2 Å². The summed E-state index contributed by atoms with van der Waals surface area (Å²) in [5, 5.41) is 16.1. The summed E-state index contributed by atoms with van der Waals surface area (Å²) in [6, 6.07) is 18.0. The van der Waals surface area contributed by atoms with Crippen LogP contribution >= 0.6 is 0 Å². The van der Waals surface area contributed by atoms with E-state index >= 15 is 0 Å². The van der Waals surface area contributed by atoms with E-state index in [2.05, 4.69) is 17.6 Å². The summed E-state index contributed by atoms with van der Waals surface area (Å²) in [7, 11) is 0. The van der Waals surface area contributed by atoms with Gasteiger partial charge < -0.3 is 20.5 Å². The Morgan fingerprint density at radius 3 is 2.24 bits per heavy atom. The minimum Gasteiger partial charge on any atom is -0.480 e. The van der Waals surface area contributed by atoms with Crippen molar-refractivity contribution >= 4 is 18.0 Å². The number of nitrogens with zero attached hydrogens (tertiary/aromatic N) is 1. The van der Waals surface area contributed by atoms with Crippen LogP contribution in [0.1, 0.15) is 51.2 Å². The molecule has 0 saturated carbocycles. The first-order valence-electron chi connectivity index (χ1n) is 13.0. The maximum absolute atomic E-state index is 12.5. The van der Waals surface area contributed by atoms with Gasteiger partial charge in [-0.3, -0.25) is 14.5 Å². The minimum atomic E-state index is -0.914. The van der Waals surface area contributed by atoms with Crippen molar-refractivity contribution in [1.29, 1.82) is 0 Å². The highest BCUT2D eigenvalue weighted by molar-refractivity contribution is 5.75. The zero-order valence-corrected chi connectivity index (χ0v) is 21.9. The summed E-state index contributed by atoms with van der Waals surface area (Å²) >= 11 is 0. The number of benzene rings is 2. The molecule has 2 amide bonds. The lowest BCUT2D eigenvalue weighted by molar-refractivity contribution is -0.143. The number of alkyl carbamates (subject to hydrolysis) is 1. The molecule has 8 heteroatoms. The average Bonchev–Trinajstić information content (AvgIpc) is 3.29. The average molecular weight is 510 g/mol. The number of carboxylic acid groups (broad SMARTS) is 1. The molecule has 2 aromatic carbocycles. The van der Waals surface area contributed by atoms with E-state index in [0.29, 0.717) is 13.0 Å². The maximum atomic E-state index is 12.5. The lowest BCUT2D eigenvalue weighted by Crippen LogP contribution is -2.53. The van der Waals surface area contributed by atoms with Crippen molar-refractivity contribution < 1.29 is 24.2 Å². The third-order valence-corrected chi connectivity index (χ3v) is 7.06. The molecule has 5 unspecified atom stereocenters. The normalized spacial score (nSPS) is 20.0. The Balaban J connectivity index is 1.80. The number of carbonyl (C=O) groups is 3. The predicted octanol–water partition coefficient (Wildman–Crippen LogP) is 3.99. The zero-order valence-electron chi connectivity index (χ0n) is 21.9. The summed E-state index contributed by atoms with van der Waals surface area (Å²) in [4.78, 5) is 38.8. The van der Waals surface area contributed by atoms with Gasteiger partial charge in [0.25, 0.3) is 0 Å². The molecule has 3 N–H and O–H groups in total. The number of aliphatic carboxylic acids is 1. The van der Waals surface area contributed by atoms with Crippen molar-refractivity contribution in [3.63, 3.8) is 0 Å². The molecule has 3 rings (SSSR count). The van der Waals surface area contributed by atoms with Gasteiger partial charge in [0.1, 0.15) is 12.6 Å². The second-order valence-corrected chi connectivity index (χ2v) is 9.89. The summed E-state index contributed by atoms with van der Waals surface area (Å²) in [6.45, 7) is 6.13. The summed E-state index contributed by atoms with van der Waals surface area (Å²) < 4.78 is 5.38. The van der Waals surface area contributed by atoms with Gasteiger partial charge in [-0.1, -0.05) is 74.0 Å². The van der Waals surface area contributed by atoms with Gasteiger partial charge in [0.05, 0.1) is 0 Å². The van der Waals surface area contributed by atoms with E-state index in [4.69, 9.17) is 4.74 Å². The van der Waals surface area contributed by atoms with Gasteiger partial charge in [0.15, 0.2) is 0 Å². The second-order valence-electron chi connectivity index (χ2n) is 9.89. The highest BCUT2D eigenvalue weighted by atomic mass is 16.5. The fraction of sp³-hybridized carbons (Fsp3) is 0.483. The number of hydrogen-bond acceptors (Lipinski definition) is 5. The first kappa shape index (κ1) is 28.2. The standard InChI is InChI=1S/C29H39N3O5/c1-4-11-25(20(2)30-21(3)33)26(16-22-12-7-5-8-13-22)32-18-24(17-27(32)28(34)35)31-29(36)37-19-23-14-9-6-10-15-23/h5-10,12-15,20,24-27H,4,11,16-19H2,1-3H3,(H,30,33)(H,31,36)(H,34,35). The van der Waals surface area contributed by atoms with Crippen LogP contribution in [0.3, 0.4) is 0 Å². The van der Waals surface area contributed by atoms with Crippen LogP contribution in [0.2, 0.25) is 0 Å². The molecule has 0 radical (unpaired) electrons. The number of carbonyl (C=O) groups excluding carboxylic acids is 2. The first-order chi connectivity index (χ1) is 17.8. The number of rotatable bonds is 12. The fourth-order valence-corrected chi connectivity index (χ4v) is 5.41. The lowest BCUT2D eigenvalue weighted by atomic mass is 9.83. The third kappa shape index (κ3) is 8.32.